The first-order valence-electron chi connectivity index (χ1n) is 9.74. The summed E-state index contributed by atoms with van der Waals surface area (Å²) in [6.45, 7) is 7.74. The number of carbonyl (C=O) groups excluding carboxylic acids is 2. The summed E-state index contributed by atoms with van der Waals surface area (Å²) in [6.07, 6.45) is 0. The average molecular weight is 392 g/mol. The molecule has 0 bridgehead atoms. The summed E-state index contributed by atoms with van der Waals surface area (Å²) in [5.74, 6) is 0.804. The molecule has 5 nitrogen and oxygen atoms in total. The molecular weight excluding hydrogens is 364 g/mol. The molecular formula is C24H28N2O3. The standard InChI is InChI=1S/C24H28N2O3/c1-14-22(17(4)27)15(2)25-23(14)24(28)16(3)26(5)13-18-7-8-20-12-21(29-6)10-9-19(20)11-18/h7-12,16,25H,13H2,1-6H3/t16-/m1/s1. The topological polar surface area (TPSA) is 62.4 Å². The normalized spacial score (nSPS) is 12.4. The van der Waals surface area contributed by atoms with Crippen molar-refractivity contribution in [2.24, 2.45) is 0 Å². The van der Waals surface area contributed by atoms with Gasteiger partial charge in [0.05, 0.1) is 18.8 Å². The van der Waals surface area contributed by atoms with E-state index in [0.717, 1.165) is 33.3 Å². The minimum Gasteiger partial charge on any atom is -0.497 e. The Kier molecular flexibility index (Phi) is 5.89. The van der Waals surface area contributed by atoms with Crippen LogP contribution in [0.3, 0.4) is 0 Å². The van der Waals surface area contributed by atoms with E-state index in [0.29, 0.717) is 17.8 Å². The highest BCUT2D eigenvalue weighted by atomic mass is 16.5. The fraction of sp³-hybridized carbons (Fsp3) is 0.333. The number of Topliss-reactive ketones (excluding diaryl/α,β-unsaturated/α-hetero) is 2. The van der Waals surface area contributed by atoms with E-state index in [-0.39, 0.29) is 17.6 Å². The van der Waals surface area contributed by atoms with E-state index in [9.17, 15) is 9.59 Å². The zero-order chi connectivity index (χ0) is 21.3. The zero-order valence-corrected chi connectivity index (χ0v) is 17.9. The van der Waals surface area contributed by atoms with Gasteiger partial charge in [-0.05, 0) is 74.8 Å². The fourth-order valence-electron chi connectivity index (χ4n) is 3.86. The van der Waals surface area contributed by atoms with E-state index in [1.807, 2.05) is 50.9 Å². The Morgan fingerprint density at radius 1 is 1.10 bits per heavy atom. The Morgan fingerprint density at radius 3 is 2.38 bits per heavy atom. The highest BCUT2D eigenvalue weighted by Gasteiger charge is 2.26. The molecule has 0 radical (unpaired) electrons. The number of fused-ring (bicyclic) bond motifs is 1. The number of ether oxygens (including phenoxy) is 1. The fourth-order valence-corrected chi connectivity index (χ4v) is 3.86. The minimum atomic E-state index is -0.321. The lowest BCUT2D eigenvalue weighted by atomic mass is 10.0. The quantitative estimate of drug-likeness (QED) is 0.592. The first kappa shape index (κ1) is 20.8. The van der Waals surface area contributed by atoms with E-state index >= 15 is 0 Å². The maximum absolute atomic E-state index is 13.1. The van der Waals surface area contributed by atoms with Gasteiger partial charge in [-0.3, -0.25) is 14.5 Å². The molecule has 0 saturated carbocycles. The summed E-state index contributed by atoms with van der Waals surface area (Å²) in [7, 11) is 3.60. The highest BCUT2D eigenvalue weighted by Crippen LogP contribution is 2.24. The van der Waals surface area contributed by atoms with Gasteiger partial charge >= 0.3 is 0 Å². The van der Waals surface area contributed by atoms with Crippen LogP contribution in [0.4, 0.5) is 0 Å². The molecule has 0 saturated heterocycles. The van der Waals surface area contributed by atoms with Crippen molar-refractivity contribution in [1.29, 1.82) is 0 Å². The van der Waals surface area contributed by atoms with Gasteiger partial charge in [0.1, 0.15) is 5.75 Å². The van der Waals surface area contributed by atoms with Crippen LogP contribution in [0, 0.1) is 13.8 Å². The number of H-pyrrole nitrogens is 1. The lowest BCUT2D eigenvalue weighted by Crippen LogP contribution is -2.36. The van der Waals surface area contributed by atoms with Crippen molar-refractivity contribution in [3.63, 3.8) is 0 Å². The van der Waals surface area contributed by atoms with Gasteiger partial charge in [0.15, 0.2) is 11.6 Å². The van der Waals surface area contributed by atoms with Crippen LogP contribution in [0.1, 0.15) is 51.5 Å². The number of aromatic amines is 1. The Hall–Kier alpha value is -2.92. The third-order valence-corrected chi connectivity index (χ3v) is 5.62. The summed E-state index contributed by atoms with van der Waals surface area (Å²) in [5, 5.41) is 2.26. The van der Waals surface area contributed by atoms with Crippen molar-refractivity contribution in [3.8, 4) is 5.75 Å². The lowest BCUT2D eigenvalue weighted by molar-refractivity contribution is 0.0856. The lowest BCUT2D eigenvalue weighted by Gasteiger charge is -2.23. The van der Waals surface area contributed by atoms with Crippen LogP contribution >= 0.6 is 0 Å². The molecule has 3 aromatic rings. The van der Waals surface area contributed by atoms with Crippen molar-refractivity contribution in [3.05, 3.63) is 64.5 Å². The maximum Gasteiger partial charge on any atom is 0.196 e. The van der Waals surface area contributed by atoms with Crippen LogP contribution in [0.15, 0.2) is 36.4 Å². The predicted octanol–water partition coefficient (Wildman–Crippen LogP) is 4.70. The average Bonchev–Trinajstić information content (AvgIpc) is 3.00. The molecule has 1 heterocycles. The SMILES string of the molecule is COc1ccc2cc(CN(C)[C@H](C)C(=O)c3[nH]c(C)c(C(C)=O)c3C)ccc2c1. The Bertz CT molecular complexity index is 1080. The number of hydrogen-bond donors (Lipinski definition) is 1. The van der Waals surface area contributed by atoms with Gasteiger partial charge in [-0.25, -0.2) is 0 Å². The maximum atomic E-state index is 13.1. The molecule has 1 N–H and O–H groups in total. The van der Waals surface area contributed by atoms with Gasteiger partial charge in [0.25, 0.3) is 0 Å². The molecule has 3 rings (SSSR count). The van der Waals surface area contributed by atoms with Crippen LogP contribution < -0.4 is 4.74 Å². The Labute approximate surface area is 171 Å². The van der Waals surface area contributed by atoms with Crippen molar-refractivity contribution in [1.82, 2.24) is 9.88 Å². The first-order valence-corrected chi connectivity index (χ1v) is 9.74. The second-order valence-corrected chi connectivity index (χ2v) is 7.68. The third-order valence-electron chi connectivity index (χ3n) is 5.62. The summed E-state index contributed by atoms with van der Waals surface area (Å²) in [5.41, 5.74) is 3.76. The van der Waals surface area contributed by atoms with Crippen LogP contribution in [-0.4, -0.2) is 41.6 Å². The molecule has 152 valence electrons. The van der Waals surface area contributed by atoms with Crippen LogP contribution in [0.5, 0.6) is 5.75 Å². The monoisotopic (exact) mass is 392 g/mol. The zero-order valence-electron chi connectivity index (χ0n) is 17.9. The summed E-state index contributed by atoms with van der Waals surface area (Å²) in [6, 6.07) is 12.0. The van der Waals surface area contributed by atoms with Gasteiger partial charge < -0.3 is 9.72 Å². The number of hydrogen-bond acceptors (Lipinski definition) is 4. The molecule has 1 aromatic heterocycles. The Morgan fingerprint density at radius 2 is 1.76 bits per heavy atom. The first-order chi connectivity index (χ1) is 13.7. The molecule has 29 heavy (non-hydrogen) atoms. The van der Waals surface area contributed by atoms with Gasteiger partial charge in [0.2, 0.25) is 0 Å². The number of aryl methyl sites for hydroxylation is 1. The molecule has 0 spiro atoms. The van der Waals surface area contributed by atoms with Crippen molar-refractivity contribution < 1.29 is 14.3 Å². The number of ketones is 2. The number of nitrogens with one attached hydrogen (secondary N) is 1. The van der Waals surface area contributed by atoms with E-state index in [4.69, 9.17) is 4.74 Å². The molecule has 0 aliphatic heterocycles. The number of rotatable bonds is 7. The van der Waals surface area contributed by atoms with E-state index < -0.39 is 0 Å². The molecule has 5 heteroatoms. The van der Waals surface area contributed by atoms with Crippen molar-refractivity contribution in [2.45, 2.75) is 40.3 Å². The van der Waals surface area contributed by atoms with E-state index in [1.165, 1.54) is 6.92 Å². The molecule has 0 aliphatic carbocycles. The number of aromatic nitrogens is 1. The molecule has 1 atom stereocenters. The number of nitrogens with zero attached hydrogens (tertiary/aromatic N) is 1. The number of carbonyl (C=O) groups is 2. The predicted molar refractivity (Wildman–Crippen MR) is 116 cm³/mol. The van der Waals surface area contributed by atoms with Crippen molar-refractivity contribution >= 4 is 22.3 Å². The smallest absolute Gasteiger partial charge is 0.196 e. The summed E-state index contributed by atoms with van der Waals surface area (Å²) in [4.78, 5) is 30.1. The number of benzene rings is 2. The molecule has 2 aromatic carbocycles. The highest BCUT2D eigenvalue weighted by molar-refractivity contribution is 6.05. The second kappa shape index (κ2) is 8.21. The molecule has 0 unspecified atom stereocenters. The number of likely N-dealkylation sites (N-methyl/N-ethyl adjacent to an activating group) is 1. The molecule has 0 fully saturated rings. The molecule has 0 aliphatic rings. The third kappa shape index (κ3) is 4.10. The van der Waals surface area contributed by atoms with Crippen LogP contribution in [-0.2, 0) is 6.54 Å². The summed E-state index contributed by atoms with van der Waals surface area (Å²) < 4.78 is 5.28. The van der Waals surface area contributed by atoms with Crippen LogP contribution in [0.25, 0.3) is 10.8 Å². The van der Waals surface area contributed by atoms with Crippen molar-refractivity contribution in [2.75, 3.05) is 14.2 Å². The van der Waals surface area contributed by atoms with Gasteiger partial charge in [-0.1, -0.05) is 18.2 Å². The minimum absolute atomic E-state index is 0.00822. The van der Waals surface area contributed by atoms with Gasteiger partial charge in [-0.15, -0.1) is 0 Å². The van der Waals surface area contributed by atoms with Gasteiger partial charge in [-0.2, -0.15) is 0 Å². The number of methoxy groups -OCH3 is 1. The van der Waals surface area contributed by atoms with Gasteiger partial charge in [0, 0.05) is 17.8 Å². The largest absolute Gasteiger partial charge is 0.497 e. The summed E-state index contributed by atoms with van der Waals surface area (Å²) >= 11 is 0. The van der Waals surface area contributed by atoms with Crippen LogP contribution in [0.2, 0.25) is 0 Å². The Balaban J connectivity index is 1.79. The molecule has 0 amide bonds. The van der Waals surface area contributed by atoms with E-state index in [1.54, 1.807) is 7.11 Å². The van der Waals surface area contributed by atoms with E-state index in [2.05, 4.69) is 23.2 Å². The second-order valence-electron chi connectivity index (χ2n) is 7.68.